The van der Waals surface area contributed by atoms with E-state index in [4.69, 9.17) is 4.74 Å². The van der Waals surface area contributed by atoms with Crippen LogP contribution in [0, 0.1) is 0 Å². The molecule has 26 heavy (non-hydrogen) atoms. The van der Waals surface area contributed by atoms with Crippen molar-refractivity contribution in [3.63, 3.8) is 0 Å². The molecule has 0 aliphatic carbocycles. The predicted molar refractivity (Wildman–Crippen MR) is 105 cm³/mol. The number of nitrogens with one attached hydrogen (secondary N) is 1. The lowest BCUT2D eigenvalue weighted by Gasteiger charge is -2.22. The van der Waals surface area contributed by atoms with Gasteiger partial charge in [-0.25, -0.2) is 8.42 Å². The van der Waals surface area contributed by atoms with Crippen molar-refractivity contribution >= 4 is 33.0 Å². The molecule has 2 aromatic rings. The molecular weight excluding hydrogens is 354 g/mol. The fourth-order valence-electron chi connectivity index (χ4n) is 2.34. The highest BCUT2D eigenvalue weighted by atomic mass is 32.2. The van der Waals surface area contributed by atoms with E-state index in [0.29, 0.717) is 17.1 Å². The number of ether oxygens (including phenoxy) is 1. The summed E-state index contributed by atoms with van der Waals surface area (Å²) in [5.41, 5.74) is 1.96. The second kappa shape index (κ2) is 8.09. The Kier molecular flexibility index (Phi) is 6.10. The summed E-state index contributed by atoms with van der Waals surface area (Å²) in [5, 5.41) is 2.71. The normalized spacial score (nSPS) is 10.9. The molecule has 0 heterocycles. The van der Waals surface area contributed by atoms with Crippen LogP contribution in [0.15, 0.2) is 48.5 Å². The van der Waals surface area contributed by atoms with Gasteiger partial charge in [0.05, 0.1) is 19.1 Å². The van der Waals surface area contributed by atoms with Crippen LogP contribution in [0.2, 0.25) is 0 Å². The molecule has 0 aromatic heterocycles. The first-order chi connectivity index (χ1) is 12.2. The minimum atomic E-state index is -3.64. The SMILES string of the molecule is COc1cccc(N(CC(=O)Nc2ccc(N(C)C)cc2)S(C)(=O)=O)c1. The molecule has 8 heteroatoms. The van der Waals surface area contributed by atoms with Crippen LogP contribution in [0.5, 0.6) is 5.75 Å². The Morgan fingerprint density at radius 3 is 2.27 bits per heavy atom. The highest BCUT2D eigenvalue weighted by Crippen LogP contribution is 2.23. The number of anilines is 3. The topological polar surface area (TPSA) is 79.0 Å². The standard InChI is InChI=1S/C18H23N3O4S/c1-20(2)15-10-8-14(9-11-15)19-18(22)13-21(26(4,23)24)16-6-5-7-17(12-16)25-3/h5-12H,13H2,1-4H3,(H,19,22). The molecule has 2 rings (SSSR count). The van der Waals surface area contributed by atoms with Gasteiger partial charge >= 0.3 is 0 Å². The largest absolute Gasteiger partial charge is 0.497 e. The summed E-state index contributed by atoms with van der Waals surface area (Å²) < 4.78 is 30.4. The van der Waals surface area contributed by atoms with Gasteiger partial charge in [-0.3, -0.25) is 9.10 Å². The summed E-state index contributed by atoms with van der Waals surface area (Å²) in [6, 6.07) is 13.8. The Morgan fingerprint density at radius 2 is 1.73 bits per heavy atom. The lowest BCUT2D eigenvalue weighted by atomic mass is 10.2. The molecule has 0 unspecified atom stereocenters. The molecule has 0 aliphatic rings. The van der Waals surface area contributed by atoms with Crippen molar-refractivity contribution in [3.05, 3.63) is 48.5 Å². The molecule has 2 aromatic carbocycles. The van der Waals surface area contributed by atoms with Crippen LogP contribution < -0.4 is 19.3 Å². The van der Waals surface area contributed by atoms with Crippen LogP contribution in [0.4, 0.5) is 17.1 Å². The number of hydrogen-bond acceptors (Lipinski definition) is 5. The lowest BCUT2D eigenvalue weighted by molar-refractivity contribution is -0.114. The van der Waals surface area contributed by atoms with Crippen LogP contribution in [0.3, 0.4) is 0 Å². The van der Waals surface area contributed by atoms with E-state index >= 15 is 0 Å². The van der Waals surface area contributed by atoms with E-state index in [1.807, 2.05) is 31.1 Å². The highest BCUT2D eigenvalue weighted by molar-refractivity contribution is 7.92. The Labute approximate surface area is 154 Å². The minimum absolute atomic E-state index is 0.332. The zero-order chi connectivity index (χ0) is 19.3. The van der Waals surface area contributed by atoms with Crippen LogP contribution in [0.1, 0.15) is 0 Å². The quantitative estimate of drug-likeness (QED) is 0.800. The Balaban J connectivity index is 2.16. The van der Waals surface area contributed by atoms with Crippen molar-refractivity contribution in [1.29, 1.82) is 0 Å². The third-order valence-corrected chi connectivity index (χ3v) is 4.84. The number of methoxy groups -OCH3 is 1. The van der Waals surface area contributed by atoms with Crippen LogP contribution in [-0.4, -0.2) is 48.3 Å². The van der Waals surface area contributed by atoms with Crippen molar-refractivity contribution in [1.82, 2.24) is 0 Å². The molecule has 0 spiro atoms. The molecule has 140 valence electrons. The van der Waals surface area contributed by atoms with Gasteiger partial charge in [-0.15, -0.1) is 0 Å². The van der Waals surface area contributed by atoms with Crippen molar-refractivity contribution in [2.24, 2.45) is 0 Å². The van der Waals surface area contributed by atoms with E-state index < -0.39 is 15.9 Å². The van der Waals surface area contributed by atoms with Crippen molar-refractivity contribution in [2.45, 2.75) is 0 Å². The maximum absolute atomic E-state index is 12.4. The van der Waals surface area contributed by atoms with E-state index in [9.17, 15) is 13.2 Å². The summed E-state index contributed by atoms with van der Waals surface area (Å²) in [4.78, 5) is 14.3. The number of carbonyl (C=O) groups excluding carboxylic acids is 1. The molecule has 0 saturated heterocycles. The molecule has 0 saturated carbocycles. The number of sulfonamides is 1. The zero-order valence-corrected chi connectivity index (χ0v) is 16.1. The Hall–Kier alpha value is -2.74. The first-order valence-corrected chi connectivity index (χ1v) is 9.74. The summed E-state index contributed by atoms with van der Waals surface area (Å²) in [6.07, 6.45) is 1.06. The van der Waals surface area contributed by atoms with Crippen LogP contribution >= 0.6 is 0 Å². The number of rotatable bonds is 7. The monoisotopic (exact) mass is 377 g/mol. The number of nitrogens with zero attached hydrogens (tertiary/aromatic N) is 2. The maximum atomic E-state index is 12.4. The van der Waals surface area contributed by atoms with Gasteiger partial charge in [-0.1, -0.05) is 6.07 Å². The predicted octanol–water partition coefficient (Wildman–Crippen LogP) is 2.17. The summed E-state index contributed by atoms with van der Waals surface area (Å²) >= 11 is 0. The number of amides is 1. The Morgan fingerprint density at radius 1 is 1.08 bits per heavy atom. The molecule has 0 fully saturated rings. The average Bonchev–Trinajstić information content (AvgIpc) is 2.59. The second-order valence-corrected chi connectivity index (χ2v) is 7.87. The molecule has 1 N–H and O–H groups in total. The smallest absolute Gasteiger partial charge is 0.245 e. The third-order valence-electron chi connectivity index (χ3n) is 3.70. The van der Waals surface area contributed by atoms with Gasteiger partial charge < -0.3 is 15.0 Å². The zero-order valence-electron chi connectivity index (χ0n) is 15.3. The second-order valence-electron chi connectivity index (χ2n) is 5.96. The van der Waals surface area contributed by atoms with Crippen LogP contribution in [-0.2, 0) is 14.8 Å². The summed E-state index contributed by atoms with van der Waals surface area (Å²) in [5.74, 6) is 0.0756. The lowest BCUT2D eigenvalue weighted by Crippen LogP contribution is -2.37. The van der Waals surface area contributed by atoms with Crippen molar-refractivity contribution in [3.8, 4) is 5.75 Å². The van der Waals surface area contributed by atoms with E-state index in [-0.39, 0.29) is 6.54 Å². The van der Waals surface area contributed by atoms with E-state index in [2.05, 4.69) is 5.32 Å². The van der Waals surface area contributed by atoms with Crippen LogP contribution in [0.25, 0.3) is 0 Å². The van der Waals surface area contributed by atoms with Crippen molar-refractivity contribution in [2.75, 3.05) is 48.5 Å². The van der Waals surface area contributed by atoms with Gasteiger partial charge in [0.15, 0.2) is 0 Å². The maximum Gasteiger partial charge on any atom is 0.245 e. The first kappa shape index (κ1) is 19.6. The van der Waals surface area contributed by atoms with E-state index in [1.54, 1.807) is 36.4 Å². The van der Waals surface area contributed by atoms with Gasteiger partial charge in [0.25, 0.3) is 0 Å². The molecule has 7 nitrogen and oxygen atoms in total. The fourth-order valence-corrected chi connectivity index (χ4v) is 3.19. The van der Waals surface area contributed by atoms with Crippen molar-refractivity contribution < 1.29 is 17.9 Å². The summed E-state index contributed by atoms with van der Waals surface area (Å²) in [6.45, 7) is -0.332. The van der Waals surface area contributed by atoms with Gasteiger partial charge in [-0.2, -0.15) is 0 Å². The minimum Gasteiger partial charge on any atom is -0.497 e. The summed E-state index contributed by atoms with van der Waals surface area (Å²) in [7, 11) is 1.70. The molecular formula is C18H23N3O4S. The van der Waals surface area contributed by atoms with E-state index in [1.165, 1.54) is 7.11 Å². The molecule has 0 aliphatic heterocycles. The number of carbonyl (C=O) groups is 1. The Bertz CT molecular complexity index is 864. The average molecular weight is 377 g/mol. The van der Waals surface area contributed by atoms with Gasteiger partial charge in [0.2, 0.25) is 15.9 Å². The van der Waals surface area contributed by atoms with Gasteiger partial charge in [0, 0.05) is 31.5 Å². The number of benzene rings is 2. The number of hydrogen-bond donors (Lipinski definition) is 1. The van der Waals surface area contributed by atoms with Gasteiger partial charge in [0.1, 0.15) is 12.3 Å². The molecule has 1 amide bonds. The first-order valence-electron chi connectivity index (χ1n) is 7.89. The highest BCUT2D eigenvalue weighted by Gasteiger charge is 2.21. The molecule has 0 bridgehead atoms. The fraction of sp³-hybridized carbons (Fsp3) is 0.278. The molecule has 0 atom stereocenters. The molecule has 0 radical (unpaired) electrons. The third kappa shape index (κ3) is 5.13. The van der Waals surface area contributed by atoms with Gasteiger partial charge in [-0.05, 0) is 36.4 Å². The van der Waals surface area contributed by atoms with E-state index in [0.717, 1.165) is 16.2 Å².